The molecule has 172 valence electrons. The summed E-state index contributed by atoms with van der Waals surface area (Å²) in [6.45, 7) is 3.97. The Bertz CT molecular complexity index is 1130. The first-order valence-corrected chi connectivity index (χ1v) is 11.3. The summed E-state index contributed by atoms with van der Waals surface area (Å²) >= 11 is 1.51. The number of likely N-dealkylation sites (N-methyl/N-ethyl adjacent to an activating group) is 2. The van der Waals surface area contributed by atoms with Crippen LogP contribution in [0.4, 0.5) is 0 Å². The first-order chi connectivity index (χ1) is 15.7. The van der Waals surface area contributed by atoms with Crippen molar-refractivity contribution in [1.82, 2.24) is 25.1 Å². The van der Waals surface area contributed by atoms with Gasteiger partial charge in [-0.2, -0.15) is 10.2 Å². The third-order valence-electron chi connectivity index (χ3n) is 5.23. The Hall–Kier alpha value is -3.71. The first-order valence-electron chi connectivity index (χ1n) is 10.4. The summed E-state index contributed by atoms with van der Waals surface area (Å²) in [6.07, 6.45) is 2.37. The summed E-state index contributed by atoms with van der Waals surface area (Å²) in [5, 5.41) is 17.4. The van der Waals surface area contributed by atoms with Crippen molar-refractivity contribution in [2.75, 3.05) is 21.1 Å². The second-order valence-electron chi connectivity index (χ2n) is 8.02. The number of hydrogen-bond donors (Lipinski definition) is 0. The molecular formula is C23H26N6O3S. The fourth-order valence-electron chi connectivity index (χ4n) is 3.25. The van der Waals surface area contributed by atoms with E-state index in [1.807, 2.05) is 37.6 Å². The minimum absolute atomic E-state index is 0.174. The maximum absolute atomic E-state index is 13.2. The Balaban J connectivity index is 1.78. The fraction of sp³-hybridized carbons (Fsp3) is 0.348. The van der Waals surface area contributed by atoms with Crippen molar-refractivity contribution in [3.63, 3.8) is 0 Å². The molecule has 0 N–H and O–H groups in total. The van der Waals surface area contributed by atoms with Gasteiger partial charge in [-0.3, -0.25) is 9.59 Å². The fourth-order valence-corrected chi connectivity index (χ4v) is 3.89. The van der Waals surface area contributed by atoms with Gasteiger partial charge in [-0.05, 0) is 35.9 Å². The lowest BCUT2D eigenvalue weighted by molar-refractivity contribution is -0.144. The Morgan fingerprint density at radius 1 is 1.15 bits per heavy atom. The van der Waals surface area contributed by atoms with Gasteiger partial charge in [-0.25, -0.2) is 10.0 Å². The van der Waals surface area contributed by atoms with Crippen molar-refractivity contribution in [1.29, 1.82) is 5.26 Å². The summed E-state index contributed by atoms with van der Waals surface area (Å²) in [4.78, 5) is 32.9. The molecule has 1 atom stereocenters. The van der Waals surface area contributed by atoms with Crippen LogP contribution in [0.2, 0.25) is 0 Å². The molecule has 2 aromatic heterocycles. The summed E-state index contributed by atoms with van der Waals surface area (Å²) in [7, 11) is 4.61. The Morgan fingerprint density at radius 2 is 1.85 bits per heavy atom. The van der Waals surface area contributed by atoms with E-state index in [0.717, 1.165) is 9.89 Å². The van der Waals surface area contributed by atoms with Crippen molar-refractivity contribution in [2.45, 2.75) is 26.3 Å². The highest BCUT2D eigenvalue weighted by Crippen LogP contribution is 2.26. The van der Waals surface area contributed by atoms with Gasteiger partial charge in [0.15, 0.2) is 6.19 Å². The molecule has 10 heteroatoms. The van der Waals surface area contributed by atoms with Gasteiger partial charge in [0.2, 0.25) is 5.82 Å². The molecule has 3 rings (SSSR count). The van der Waals surface area contributed by atoms with E-state index < -0.39 is 6.04 Å². The highest BCUT2D eigenvalue weighted by Gasteiger charge is 2.32. The highest BCUT2D eigenvalue weighted by molar-refractivity contribution is 7.13. The van der Waals surface area contributed by atoms with Crippen molar-refractivity contribution in [3.8, 4) is 28.3 Å². The van der Waals surface area contributed by atoms with Gasteiger partial charge in [-0.1, -0.05) is 37.2 Å². The van der Waals surface area contributed by atoms with Crippen molar-refractivity contribution in [3.05, 3.63) is 47.3 Å². The van der Waals surface area contributed by atoms with Gasteiger partial charge in [0, 0.05) is 32.3 Å². The molecule has 2 amide bonds. The van der Waals surface area contributed by atoms with Crippen LogP contribution in [-0.4, -0.2) is 64.1 Å². The maximum atomic E-state index is 13.2. The molecule has 0 bridgehead atoms. The largest absolute Gasteiger partial charge is 0.333 e. The van der Waals surface area contributed by atoms with Gasteiger partial charge in [0.1, 0.15) is 6.04 Å². The molecule has 0 fully saturated rings. The van der Waals surface area contributed by atoms with Crippen LogP contribution < -0.4 is 0 Å². The third-order valence-corrected chi connectivity index (χ3v) is 6.09. The lowest BCUT2D eigenvalue weighted by Gasteiger charge is -2.33. The number of nitriles is 1. The quantitative estimate of drug-likeness (QED) is 0.283. The number of rotatable bonds is 8. The van der Waals surface area contributed by atoms with E-state index in [2.05, 4.69) is 10.1 Å². The molecule has 33 heavy (non-hydrogen) atoms. The van der Waals surface area contributed by atoms with Crippen LogP contribution in [0.25, 0.3) is 22.2 Å². The zero-order valence-electron chi connectivity index (χ0n) is 19.2. The number of thiophene rings is 1. The number of hydrogen-bond acceptors (Lipinski definition) is 8. The molecule has 0 saturated carbocycles. The lowest BCUT2D eigenvalue weighted by Crippen LogP contribution is -2.52. The van der Waals surface area contributed by atoms with E-state index in [4.69, 9.17) is 9.78 Å². The van der Waals surface area contributed by atoms with Crippen LogP contribution in [0.1, 0.15) is 30.6 Å². The van der Waals surface area contributed by atoms with E-state index in [9.17, 15) is 9.59 Å². The third kappa shape index (κ3) is 5.38. The standard InChI is InChI=1S/C23H26N6O3S/c1-15(2)13-18(23(31)29(5)27(3)14-24)28(4)22(30)17-10-8-16(9-11-17)20-25-21(32-26-20)19-7-6-12-33-19/h6-12,15,18H,13H2,1-5H3/t18-/m0/s1. The molecule has 1 aromatic carbocycles. The van der Waals surface area contributed by atoms with E-state index in [-0.39, 0.29) is 17.7 Å². The molecule has 2 heterocycles. The molecule has 9 nitrogen and oxygen atoms in total. The zero-order valence-corrected chi connectivity index (χ0v) is 20.0. The number of amides is 2. The Labute approximate surface area is 196 Å². The van der Waals surface area contributed by atoms with Gasteiger partial charge < -0.3 is 9.42 Å². The molecule has 0 aliphatic rings. The number of hydrazine groups is 1. The van der Waals surface area contributed by atoms with Crippen LogP contribution >= 0.6 is 11.3 Å². The molecular weight excluding hydrogens is 440 g/mol. The summed E-state index contributed by atoms with van der Waals surface area (Å²) in [6, 6.07) is 9.96. The maximum Gasteiger partial charge on any atom is 0.268 e. The van der Waals surface area contributed by atoms with E-state index in [1.54, 1.807) is 31.3 Å². The smallest absolute Gasteiger partial charge is 0.268 e. The zero-order chi connectivity index (χ0) is 24.1. The summed E-state index contributed by atoms with van der Waals surface area (Å²) in [5.74, 6) is 0.434. The predicted octanol–water partition coefficient (Wildman–Crippen LogP) is 3.74. The molecule has 3 aromatic rings. The van der Waals surface area contributed by atoms with Crippen molar-refractivity contribution < 1.29 is 14.1 Å². The van der Waals surface area contributed by atoms with Crippen LogP contribution in [0, 0.1) is 17.4 Å². The van der Waals surface area contributed by atoms with Crippen LogP contribution in [-0.2, 0) is 4.79 Å². The van der Waals surface area contributed by atoms with Gasteiger partial charge >= 0.3 is 0 Å². The second kappa shape index (κ2) is 10.3. The second-order valence-corrected chi connectivity index (χ2v) is 8.97. The highest BCUT2D eigenvalue weighted by atomic mass is 32.1. The molecule has 0 radical (unpaired) electrons. The number of aromatic nitrogens is 2. The number of carbonyl (C=O) groups is 2. The molecule has 0 aliphatic carbocycles. The topological polar surface area (TPSA) is 107 Å². The van der Waals surface area contributed by atoms with E-state index >= 15 is 0 Å². The van der Waals surface area contributed by atoms with Gasteiger partial charge in [0.05, 0.1) is 4.88 Å². The monoisotopic (exact) mass is 466 g/mol. The van der Waals surface area contributed by atoms with Crippen molar-refractivity contribution >= 4 is 23.2 Å². The van der Waals surface area contributed by atoms with Crippen LogP contribution in [0.5, 0.6) is 0 Å². The molecule has 0 unspecified atom stereocenters. The number of nitrogens with zero attached hydrogens (tertiary/aromatic N) is 6. The van der Waals surface area contributed by atoms with E-state index in [1.165, 1.54) is 35.3 Å². The normalized spacial score (nSPS) is 11.7. The van der Waals surface area contributed by atoms with Crippen LogP contribution in [0.15, 0.2) is 46.3 Å². The number of benzene rings is 1. The molecule has 0 aliphatic heterocycles. The SMILES string of the molecule is CC(C)C[C@@H](C(=O)N(C)N(C)C#N)N(C)C(=O)c1ccc(-c2noc(-c3cccs3)n2)cc1. The minimum atomic E-state index is -0.705. The molecule has 0 saturated heterocycles. The van der Waals surface area contributed by atoms with Crippen molar-refractivity contribution in [2.24, 2.45) is 5.92 Å². The average Bonchev–Trinajstić information content (AvgIpc) is 3.52. The minimum Gasteiger partial charge on any atom is -0.333 e. The Morgan fingerprint density at radius 3 is 2.42 bits per heavy atom. The average molecular weight is 467 g/mol. The predicted molar refractivity (Wildman–Crippen MR) is 125 cm³/mol. The summed E-state index contributed by atoms with van der Waals surface area (Å²) in [5.41, 5.74) is 1.15. The summed E-state index contributed by atoms with van der Waals surface area (Å²) < 4.78 is 5.33. The molecule has 0 spiro atoms. The van der Waals surface area contributed by atoms with E-state index in [0.29, 0.717) is 29.3 Å². The van der Waals surface area contributed by atoms with Gasteiger partial charge in [0.25, 0.3) is 17.7 Å². The lowest BCUT2D eigenvalue weighted by atomic mass is 10.0. The number of carbonyl (C=O) groups excluding carboxylic acids is 2. The van der Waals surface area contributed by atoms with Crippen LogP contribution in [0.3, 0.4) is 0 Å². The first kappa shape index (κ1) is 23.9. The van der Waals surface area contributed by atoms with Gasteiger partial charge in [-0.15, -0.1) is 11.3 Å². The Kier molecular flexibility index (Phi) is 7.45.